The molecule has 0 fully saturated rings. The lowest BCUT2D eigenvalue weighted by atomic mass is 10.00. The van der Waals surface area contributed by atoms with Gasteiger partial charge in [0, 0.05) is 10.4 Å². The number of hydrogen-bond donors (Lipinski definition) is 1. The quantitative estimate of drug-likeness (QED) is 0.534. The molecular formula is C18H14BrCl2F2N3O. The van der Waals surface area contributed by atoms with Crippen LogP contribution in [0, 0.1) is 5.92 Å². The third-order valence-electron chi connectivity index (χ3n) is 4.11. The summed E-state index contributed by atoms with van der Waals surface area (Å²) in [5.41, 5.74) is 1.04. The number of alkyl halides is 2. The number of hydrazone groups is 1. The maximum absolute atomic E-state index is 13.3. The third-order valence-corrected chi connectivity index (χ3v) is 5.46. The minimum absolute atomic E-state index is 0.000278. The highest BCUT2D eigenvalue weighted by molar-refractivity contribution is 9.10. The topological polar surface area (TPSA) is 44.7 Å². The summed E-state index contributed by atoms with van der Waals surface area (Å²) in [5.74, 6) is 0.000278. The average molecular weight is 477 g/mol. The first-order chi connectivity index (χ1) is 12.8. The Balaban J connectivity index is 1.83. The lowest BCUT2D eigenvalue weighted by molar-refractivity contribution is 0.152. The summed E-state index contributed by atoms with van der Waals surface area (Å²) in [5, 5.41) is 7.75. The molecule has 3 rings (SSSR count). The van der Waals surface area contributed by atoms with Crippen molar-refractivity contribution in [3.8, 4) is 0 Å². The van der Waals surface area contributed by atoms with E-state index in [0.717, 1.165) is 15.7 Å². The van der Waals surface area contributed by atoms with Gasteiger partial charge in [-0.05, 0) is 29.8 Å². The van der Waals surface area contributed by atoms with Crippen LogP contribution in [0.1, 0.15) is 24.5 Å². The monoisotopic (exact) mass is 475 g/mol. The maximum atomic E-state index is 13.3. The van der Waals surface area contributed by atoms with Crippen LogP contribution in [0.5, 0.6) is 0 Å². The molecule has 0 bridgehead atoms. The fourth-order valence-electron chi connectivity index (χ4n) is 2.77. The maximum Gasteiger partial charge on any atom is 0.342 e. The van der Waals surface area contributed by atoms with Crippen molar-refractivity contribution in [2.45, 2.75) is 13.3 Å². The number of amides is 2. The van der Waals surface area contributed by atoms with E-state index in [1.165, 1.54) is 17.1 Å². The molecule has 2 aromatic rings. The van der Waals surface area contributed by atoms with E-state index in [9.17, 15) is 13.6 Å². The molecule has 0 aliphatic carbocycles. The summed E-state index contributed by atoms with van der Waals surface area (Å²) in [4.78, 5) is 12.5. The number of nitrogens with one attached hydrogen (secondary N) is 1. The molecule has 1 heterocycles. The second-order valence-electron chi connectivity index (χ2n) is 6.03. The van der Waals surface area contributed by atoms with Gasteiger partial charge < -0.3 is 5.32 Å². The summed E-state index contributed by atoms with van der Waals surface area (Å²) in [7, 11) is 0. The molecule has 2 aromatic carbocycles. The molecule has 0 radical (unpaired) electrons. The molecule has 142 valence electrons. The lowest BCUT2D eigenvalue weighted by Crippen LogP contribution is -2.30. The predicted octanol–water partition coefficient (Wildman–Crippen LogP) is 6.58. The molecule has 1 atom stereocenters. The van der Waals surface area contributed by atoms with Crippen LogP contribution in [0.2, 0.25) is 10.0 Å². The van der Waals surface area contributed by atoms with Gasteiger partial charge in [0.1, 0.15) is 0 Å². The van der Waals surface area contributed by atoms with Crippen LogP contribution in [0.25, 0.3) is 0 Å². The Morgan fingerprint density at radius 3 is 2.56 bits per heavy atom. The van der Waals surface area contributed by atoms with E-state index in [1.54, 1.807) is 0 Å². The number of rotatable bonds is 3. The van der Waals surface area contributed by atoms with Gasteiger partial charge >= 0.3 is 6.03 Å². The smallest absolute Gasteiger partial charge is 0.306 e. The zero-order valence-electron chi connectivity index (χ0n) is 14.0. The Labute approximate surface area is 173 Å². The first-order valence-corrected chi connectivity index (χ1v) is 9.51. The lowest BCUT2D eigenvalue weighted by Gasteiger charge is -2.17. The highest BCUT2D eigenvalue weighted by Gasteiger charge is 2.29. The molecule has 1 unspecified atom stereocenters. The van der Waals surface area contributed by atoms with Gasteiger partial charge in [-0.2, -0.15) is 5.10 Å². The Morgan fingerprint density at radius 2 is 1.93 bits per heavy atom. The SMILES string of the molecule is CC1CN(C(=O)Nc2ccc(Cl)c(Cl)c2C(F)F)N=C1c1ccc(Br)cc1. The number of carbonyl (C=O) groups excluding carboxylic acids is 1. The Hall–Kier alpha value is -1.70. The number of benzene rings is 2. The molecule has 0 saturated heterocycles. The van der Waals surface area contributed by atoms with E-state index in [1.807, 2.05) is 31.2 Å². The van der Waals surface area contributed by atoms with E-state index in [4.69, 9.17) is 23.2 Å². The van der Waals surface area contributed by atoms with Crippen molar-refractivity contribution >= 4 is 56.6 Å². The zero-order chi connectivity index (χ0) is 19.7. The van der Waals surface area contributed by atoms with Crippen molar-refractivity contribution in [2.24, 2.45) is 11.0 Å². The first kappa shape index (κ1) is 20.0. The average Bonchev–Trinajstić information content (AvgIpc) is 3.00. The predicted molar refractivity (Wildman–Crippen MR) is 107 cm³/mol. The van der Waals surface area contributed by atoms with Gasteiger partial charge in [-0.15, -0.1) is 0 Å². The normalized spacial score (nSPS) is 16.6. The Bertz CT molecular complexity index is 906. The number of carbonyl (C=O) groups is 1. The summed E-state index contributed by atoms with van der Waals surface area (Å²) < 4.78 is 27.6. The number of anilines is 1. The molecule has 2 amide bonds. The van der Waals surface area contributed by atoms with Crippen molar-refractivity contribution in [3.05, 3.63) is 62.0 Å². The number of hydrogen-bond acceptors (Lipinski definition) is 2. The van der Waals surface area contributed by atoms with Crippen LogP contribution in [0.3, 0.4) is 0 Å². The van der Waals surface area contributed by atoms with E-state index in [2.05, 4.69) is 26.3 Å². The third kappa shape index (κ3) is 4.25. The molecule has 0 saturated carbocycles. The highest BCUT2D eigenvalue weighted by atomic mass is 79.9. The van der Waals surface area contributed by atoms with E-state index in [0.29, 0.717) is 6.54 Å². The first-order valence-electron chi connectivity index (χ1n) is 7.97. The number of halogens is 5. The largest absolute Gasteiger partial charge is 0.342 e. The van der Waals surface area contributed by atoms with Crippen molar-refractivity contribution < 1.29 is 13.6 Å². The van der Waals surface area contributed by atoms with Gasteiger partial charge in [0.05, 0.1) is 33.6 Å². The number of nitrogens with zero attached hydrogens (tertiary/aromatic N) is 2. The number of urea groups is 1. The molecule has 1 aliphatic rings. The van der Waals surface area contributed by atoms with Crippen molar-refractivity contribution in [2.75, 3.05) is 11.9 Å². The van der Waals surface area contributed by atoms with Crippen LogP contribution < -0.4 is 5.32 Å². The van der Waals surface area contributed by atoms with Gasteiger partial charge in [-0.25, -0.2) is 18.6 Å². The Morgan fingerprint density at radius 1 is 1.26 bits per heavy atom. The van der Waals surface area contributed by atoms with E-state index >= 15 is 0 Å². The molecular weight excluding hydrogens is 463 g/mol. The highest BCUT2D eigenvalue weighted by Crippen LogP contribution is 2.38. The minimum Gasteiger partial charge on any atom is -0.306 e. The van der Waals surface area contributed by atoms with Gasteiger partial charge in [-0.1, -0.05) is 58.2 Å². The molecule has 1 N–H and O–H groups in total. The summed E-state index contributed by atoms with van der Waals surface area (Å²) in [6.45, 7) is 2.28. The zero-order valence-corrected chi connectivity index (χ0v) is 17.1. The molecule has 0 spiro atoms. The second-order valence-corrected chi connectivity index (χ2v) is 7.73. The van der Waals surface area contributed by atoms with Gasteiger partial charge in [0.25, 0.3) is 6.43 Å². The molecule has 27 heavy (non-hydrogen) atoms. The van der Waals surface area contributed by atoms with Crippen LogP contribution >= 0.6 is 39.1 Å². The second kappa shape index (κ2) is 8.12. The standard InChI is InChI=1S/C18H14BrCl2F2N3O/c1-9-8-26(25-16(9)10-2-4-11(19)5-3-10)18(27)24-13-7-6-12(20)15(21)14(13)17(22)23/h2-7,9,17H,8H2,1H3,(H,24,27). The van der Waals surface area contributed by atoms with E-state index < -0.39 is 18.0 Å². The summed E-state index contributed by atoms with van der Waals surface area (Å²) >= 11 is 15.0. The fraction of sp³-hybridized carbons (Fsp3) is 0.222. The fourth-order valence-corrected chi connectivity index (χ4v) is 3.45. The molecule has 4 nitrogen and oxygen atoms in total. The van der Waals surface area contributed by atoms with Crippen molar-refractivity contribution in [1.29, 1.82) is 0 Å². The van der Waals surface area contributed by atoms with Crippen LogP contribution in [0.4, 0.5) is 19.3 Å². The molecule has 9 heteroatoms. The minimum atomic E-state index is -2.88. The van der Waals surface area contributed by atoms with Crippen LogP contribution in [0.15, 0.2) is 46.0 Å². The van der Waals surface area contributed by atoms with Crippen LogP contribution in [-0.2, 0) is 0 Å². The Kier molecular flexibility index (Phi) is 6.03. The summed E-state index contributed by atoms with van der Waals surface area (Å²) in [6.07, 6.45) is -2.88. The van der Waals surface area contributed by atoms with Gasteiger partial charge in [0.2, 0.25) is 0 Å². The van der Waals surface area contributed by atoms with Gasteiger partial charge in [-0.3, -0.25) is 0 Å². The molecule has 1 aliphatic heterocycles. The van der Waals surface area contributed by atoms with Crippen LogP contribution in [-0.4, -0.2) is 23.3 Å². The van der Waals surface area contributed by atoms with Crippen molar-refractivity contribution in [3.63, 3.8) is 0 Å². The summed E-state index contributed by atoms with van der Waals surface area (Å²) in [6, 6.07) is 9.61. The van der Waals surface area contributed by atoms with E-state index in [-0.39, 0.29) is 21.7 Å². The molecule has 0 aromatic heterocycles. The van der Waals surface area contributed by atoms with Crippen molar-refractivity contribution in [1.82, 2.24) is 5.01 Å². The van der Waals surface area contributed by atoms with Gasteiger partial charge in [0.15, 0.2) is 0 Å².